The Morgan fingerprint density at radius 2 is 1.71 bits per heavy atom. The van der Waals surface area contributed by atoms with Crippen LogP contribution in [0.25, 0.3) is 0 Å². The Balaban J connectivity index is 0.00000288. The molecule has 0 unspecified atom stereocenters. The number of benzene rings is 2. The van der Waals surface area contributed by atoms with Gasteiger partial charge in [0, 0.05) is 26.3 Å². The van der Waals surface area contributed by atoms with E-state index in [9.17, 15) is 4.79 Å². The molecule has 0 saturated heterocycles. The number of anilines is 1. The van der Waals surface area contributed by atoms with E-state index >= 15 is 0 Å². The number of rotatable bonds is 6. The molecular formula is C18H22BrClN2OS. The first kappa shape index (κ1) is 20.9. The summed E-state index contributed by atoms with van der Waals surface area (Å²) in [5.41, 5.74) is 7.33. The van der Waals surface area contributed by atoms with Crippen LogP contribution in [0.2, 0.25) is 0 Å². The van der Waals surface area contributed by atoms with Crippen molar-refractivity contribution in [2.45, 2.75) is 29.9 Å². The van der Waals surface area contributed by atoms with Crippen LogP contribution in [0.5, 0.6) is 0 Å². The van der Waals surface area contributed by atoms with Gasteiger partial charge in [0.15, 0.2) is 0 Å². The molecular weight excluding hydrogens is 408 g/mol. The molecule has 0 fully saturated rings. The number of thioether (sulfide) groups is 1. The minimum absolute atomic E-state index is 0. The molecule has 0 heterocycles. The van der Waals surface area contributed by atoms with Gasteiger partial charge in [0.05, 0.1) is 6.42 Å². The van der Waals surface area contributed by atoms with E-state index in [-0.39, 0.29) is 23.1 Å². The van der Waals surface area contributed by atoms with Gasteiger partial charge in [0.25, 0.3) is 0 Å². The number of nitrogens with one attached hydrogen (secondary N) is 1. The predicted molar refractivity (Wildman–Crippen MR) is 109 cm³/mol. The van der Waals surface area contributed by atoms with Crippen molar-refractivity contribution in [3.05, 3.63) is 58.6 Å². The van der Waals surface area contributed by atoms with Gasteiger partial charge in [-0.2, -0.15) is 0 Å². The maximum atomic E-state index is 12.1. The SMILES string of the molecule is CC(C)(CNC(=O)Cc1ccc(N)cc1)Sc1ccc(Br)cc1.Cl. The molecule has 0 bridgehead atoms. The fraction of sp³-hybridized carbons (Fsp3) is 0.278. The van der Waals surface area contributed by atoms with Gasteiger partial charge in [-0.25, -0.2) is 0 Å². The molecule has 6 heteroatoms. The molecule has 2 aromatic rings. The van der Waals surface area contributed by atoms with Crippen molar-refractivity contribution in [3.63, 3.8) is 0 Å². The van der Waals surface area contributed by atoms with Crippen molar-refractivity contribution < 1.29 is 4.79 Å². The van der Waals surface area contributed by atoms with Crippen LogP contribution in [-0.2, 0) is 11.2 Å². The topological polar surface area (TPSA) is 55.1 Å². The average molecular weight is 430 g/mol. The fourth-order valence-electron chi connectivity index (χ4n) is 2.05. The van der Waals surface area contributed by atoms with Crippen molar-refractivity contribution >= 4 is 51.7 Å². The molecule has 0 radical (unpaired) electrons. The Morgan fingerprint density at radius 3 is 2.29 bits per heavy atom. The number of amides is 1. The molecule has 0 saturated carbocycles. The third kappa shape index (κ3) is 7.16. The number of hydrogen-bond donors (Lipinski definition) is 2. The molecule has 130 valence electrons. The molecule has 0 aromatic heterocycles. The highest BCUT2D eigenvalue weighted by atomic mass is 79.9. The van der Waals surface area contributed by atoms with Gasteiger partial charge in [0.1, 0.15) is 0 Å². The summed E-state index contributed by atoms with van der Waals surface area (Å²) in [5.74, 6) is 0.0271. The van der Waals surface area contributed by atoms with Gasteiger partial charge < -0.3 is 11.1 Å². The Hall–Kier alpha value is -1.17. The molecule has 0 aliphatic heterocycles. The standard InChI is InChI=1S/C18H21BrN2OS.ClH/c1-18(2,23-16-9-5-14(19)6-10-16)12-21-17(22)11-13-3-7-15(20)8-4-13;/h3-10H,11-12,20H2,1-2H3,(H,21,22);1H. The summed E-state index contributed by atoms with van der Waals surface area (Å²) < 4.78 is 0.987. The second-order valence-electron chi connectivity index (χ2n) is 6.01. The van der Waals surface area contributed by atoms with E-state index in [0.717, 1.165) is 10.0 Å². The predicted octanol–water partition coefficient (Wildman–Crippen LogP) is 4.68. The lowest BCUT2D eigenvalue weighted by molar-refractivity contribution is -0.120. The number of halogens is 2. The Kier molecular flexibility index (Phi) is 8.13. The van der Waals surface area contributed by atoms with Crippen LogP contribution in [0.1, 0.15) is 19.4 Å². The third-order valence-electron chi connectivity index (χ3n) is 3.26. The van der Waals surface area contributed by atoms with E-state index in [4.69, 9.17) is 5.73 Å². The van der Waals surface area contributed by atoms with Crippen molar-refractivity contribution in [3.8, 4) is 0 Å². The summed E-state index contributed by atoms with van der Waals surface area (Å²) in [6, 6.07) is 15.6. The van der Waals surface area contributed by atoms with Gasteiger partial charge in [-0.15, -0.1) is 24.2 Å². The molecule has 1 amide bonds. The quantitative estimate of drug-likeness (QED) is 0.517. The van der Waals surface area contributed by atoms with Gasteiger partial charge in [-0.3, -0.25) is 4.79 Å². The molecule has 24 heavy (non-hydrogen) atoms. The lowest BCUT2D eigenvalue weighted by Crippen LogP contribution is -2.37. The number of carbonyl (C=O) groups is 1. The van der Waals surface area contributed by atoms with Crippen LogP contribution in [0.3, 0.4) is 0 Å². The number of nitrogens with two attached hydrogens (primary N) is 1. The highest BCUT2D eigenvalue weighted by molar-refractivity contribution is 9.10. The molecule has 0 aliphatic carbocycles. The van der Waals surface area contributed by atoms with Gasteiger partial charge in [0.2, 0.25) is 5.91 Å². The zero-order valence-electron chi connectivity index (χ0n) is 13.7. The average Bonchev–Trinajstić information content (AvgIpc) is 2.50. The first-order valence-corrected chi connectivity index (χ1v) is 9.01. The van der Waals surface area contributed by atoms with Crippen LogP contribution in [-0.4, -0.2) is 17.2 Å². The first-order valence-electron chi connectivity index (χ1n) is 7.40. The van der Waals surface area contributed by atoms with Crippen LogP contribution in [0, 0.1) is 0 Å². The van der Waals surface area contributed by atoms with E-state index in [2.05, 4.69) is 47.2 Å². The summed E-state index contributed by atoms with van der Waals surface area (Å²) in [5, 5.41) is 3.02. The zero-order valence-corrected chi connectivity index (χ0v) is 16.9. The Bertz CT molecular complexity index is 660. The summed E-state index contributed by atoms with van der Waals surface area (Å²) in [7, 11) is 0. The number of hydrogen-bond acceptors (Lipinski definition) is 3. The van der Waals surface area contributed by atoms with Gasteiger partial charge in [-0.1, -0.05) is 28.1 Å². The third-order valence-corrected chi connectivity index (χ3v) is 5.00. The minimum Gasteiger partial charge on any atom is -0.399 e. The zero-order chi connectivity index (χ0) is 16.9. The largest absolute Gasteiger partial charge is 0.399 e. The fourth-order valence-corrected chi connectivity index (χ4v) is 3.37. The maximum Gasteiger partial charge on any atom is 0.224 e. The number of nitrogen functional groups attached to an aromatic ring is 1. The summed E-state index contributed by atoms with van der Waals surface area (Å²) in [6.07, 6.45) is 0.374. The van der Waals surface area contributed by atoms with Crippen molar-refractivity contribution in [1.82, 2.24) is 5.32 Å². The molecule has 3 nitrogen and oxygen atoms in total. The normalized spacial score (nSPS) is 10.8. The summed E-state index contributed by atoms with van der Waals surface area (Å²) >= 11 is 5.19. The Labute approximate surface area is 162 Å². The minimum atomic E-state index is -0.0788. The lowest BCUT2D eigenvalue weighted by Gasteiger charge is -2.24. The van der Waals surface area contributed by atoms with Crippen LogP contribution in [0.4, 0.5) is 5.69 Å². The molecule has 0 atom stereocenters. The van der Waals surface area contributed by atoms with E-state index in [1.165, 1.54) is 4.90 Å². The van der Waals surface area contributed by atoms with Crippen molar-refractivity contribution in [2.75, 3.05) is 12.3 Å². The summed E-state index contributed by atoms with van der Waals surface area (Å²) in [6.45, 7) is 4.87. The van der Waals surface area contributed by atoms with Gasteiger partial charge in [-0.05, 0) is 55.8 Å². The highest BCUT2D eigenvalue weighted by Crippen LogP contribution is 2.32. The van der Waals surface area contributed by atoms with E-state index in [1.807, 2.05) is 36.4 Å². The molecule has 2 rings (SSSR count). The van der Waals surface area contributed by atoms with Crippen LogP contribution < -0.4 is 11.1 Å². The second-order valence-corrected chi connectivity index (χ2v) is 8.71. The molecule has 0 aliphatic rings. The number of carbonyl (C=O) groups excluding carboxylic acids is 1. The van der Waals surface area contributed by atoms with E-state index < -0.39 is 0 Å². The maximum absolute atomic E-state index is 12.1. The van der Waals surface area contributed by atoms with E-state index in [0.29, 0.717) is 18.7 Å². The van der Waals surface area contributed by atoms with Crippen molar-refractivity contribution in [2.24, 2.45) is 0 Å². The van der Waals surface area contributed by atoms with E-state index in [1.54, 1.807) is 11.8 Å². The molecule has 0 spiro atoms. The van der Waals surface area contributed by atoms with Crippen LogP contribution in [0.15, 0.2) is 57.9 Å². The monoisotopic (exact) mass is 428 g/mol. The van der Waals surface area contributed by atoms with Crippen LogP contribution >= 0.6 is 40.1 Å². The van der Waals surface area contributed by atoms with Crippen molar-refractivity contribution in [1.29, 1.82) is 0 Å². The highest BCUT2D eigenvalue weighted by Gasteiger charge is 2.20. The molecule has 2 aromatic carbocycles. The Morgan fingerprint density at radius 1 is 1.12 bits per heavy atom. The summed E-state index contributed by atoms with van der Waals surface area (Å²) in [4.78, 5) is 13.3. The molecule has 3 N–H and O–H groups in total. The first-order chi connectivity index (χ1) is 10.8. The second kappa shape index (κ2) is 9.35. The smallest absolute Gasteiger partial charge is 0.224 e. The van der Waals surface area contributed by atoms with Gasteiger partial charge >= 0.3 is 0 Å². The lowest BCUT2D eigenvalue weighted by atomic mass is 10.1.